The monoisotopic (exact) mass is 498 g/mol. The number of rotatable bonds is 11. The highest BCUT2D eigenvalue weighted by Gasteiger charge is 2.32. The minimum atomic E-state index is -0.356. The molecule has 3 aromatic rings. The van der Waals surface area contributed by atoms with E-state index in [1.165, 1.54) is 11.1 Å². The predicted molar refractivity (Wildman–Crippen MR) is 148 cm³/mol. The average Bonchev–Trinajstić information content (AvgIpc) is 3.09. The van der Waals surface area contributed by atoms with Crippen LogP contribution < -0.4 is 16.4 Å². The van der Waals surface area contributed by atoms with Crippen LogP contribution in [0, 0.1) is 0 Å². The molecule has 6 nitrogen and oxygen atoms in total. The molecule has 1 fully saturated rings. The van der Waals surface area contributed by atoms with Crippen LogP contribution in [-0.2, 0) is 16.0 Å². The lowest BCUT2D eigenvalue weighted by atomic mass is 9.90. The zero-order valence-electron chi connectivity index (χ0n) is 21.4. The van der Waals surface area contributed by atoms with E-state index in [1.54, 1.807) is 0 Å². The number of nitrogens with two attached hydrogens (primary N) is 1. The second kappa shape index (κ2) is 13.7. The van der Waals surface area contributed by atoms with E-state index in [0.29, 0.717) is 45.4 Å². The quantitative estimate of drug-likeness (QED) is 0.378. The lowest BCUT2D eigenvalue weighted by molar-refractivity contribution is -0.133. The van der Waals surface area contributed by atoms with E-state index >= 15 is 0 Å². The van der Waals surface area contributed by atoms with Crippen molar-refractivity contribution in [2.24, 2.45) is 5.73 Å². The van der Waals surface area contributed by atoms with Gasteiger partial charge >= 0.3 is 0 Å². The minimum Gasteiger partial charge on any atom is -0.355 e. The molecule has 4 rings (SSSR count). The Morgan fingerprint density at radius 1 is 0.946 bits per heavy atom. The van der Waals surface area contributed by atoms with Crippen LogP contribution in [0.2, 0.25) is 0 Å². The SMILES string of the molecule is NCC[C@@H]1N[C@H](CNC(=O)CCc2ccccc2)CCN(CC(c2ccccc2)c2ccccc2)C1=O. The van der Waals surface area contributed by atoms with Crippen molar-refractivity contribution in [2.45, 2.75) is 43.7 Å². The lowest BCUT2D eigenvalue weighted by Gasteiger charge is -2.29. The van der Waals surface area contributed by atoms with Crippen LogP contribution in [0.1, 0.15) is 41.9 Å². The third-order valence-corrected chi connectivity index (χ3v) is 7.09. The number of benzene rings is 3. The first-order chi connectivity index (χ1) is 18.1. The molecule has 2 amide bonds. The standard InChI is InChI=1S/C31H38N4O2/c32-20-18-29-31(37)35(23-28(25-12-6-2-7-13-25)26-14-8-3-9-15-26)21-19-27(34-29)22-33-30(36)17-16-24-10-4-1-5-11-24/h1-15,27-29,34H,16-23,32H2,(H,33,36)/t27-,29-/m0/s1. The fourth-order valence-corrected chi connectivity index (χ4v) is 5.02. The molecule has 6 heteroatoms. The zero-order chi connectivity index (χ0) is 25.9. The largest absolute Gasteiger partial charge is 0.355 e. The third-order valence-electron chi connectivity index (χ3n) is 7.09. The van der Waals surface area contributed by atoms with E-state index in [0.717, 1.165) is 12.0 Å². The molecule has 0 saturated carbocycles. The summed E-state index contributed by atoms with van der Waals surface area (Å²) >= 11 is 0. The number of amides is 2. The Hall–Kier alpha value is -3.48. The maximum absolute atomic E-state index is 13.6. The van der Waals surface area contributed by atoms with Crippen LogP contribution >= 0.6 is 0 Å². The molecular weight excluding hydrogens is 460 g/mol. The molecular formula is C31H38N4O2. The Morgan fingerprint density at radius 3 is 2.14 bits per heavy atom. The minimum absolute atomic E-state index is 0.0121. The molecule has 1 aliphatic heterocycles. The Bertz CT molecular complexity index is 1070. The van der Waals surface area contributed by atoms with Crippen molar-refractivity contribution in [1.29, 1.82) is 0 Å². The van der Waals surface area contributed by atoms with Gasteiger partial charge in [-0.05, 0) is 42.5 Å². The van der Waals surface area contributed by atoms with E-state index < -0.39 is 0 Å². The number of carbonyl (C=O) groups excluding carboxylic acids is 2. The van der Waals surface area contributed by atoms with Crippen molar-refractivity contribution in [1.82, 2.24) is 15.5 Å². The predicted octanol–water partition coefficient (Wildman–Crippen LogP) is 3.48. The summed E-state index contributed by atoms with van der Waals surface area (Å²) in [7, 11) is 0. The van der Waals surface area contributed by atoms with E-state index in [-0.39, 0.29) is 29.8 Å². The van der Waals surface area contributed by atoms with Crippen molar-refractivity contribution < 1.29 is 9.59 Å². The maximum Gasteiger partial charge on any atom is 0.239 e. The van der Waals surface area contributed by atoms with E-state index in [2.05, 4.69) is 34.9 Å². The zero-order valence-corrected chi connectivity index (χ0v) is 21.4. The lowest BCUT2D eigenvalue weighted by Crippen LogP contribution is -2.49. The van der Waals surface area contributed by atoms with E-state index in [4.69, 9.17) is 5.73 Å². The summed E-state index contributed by atoms with van der Waals surface area (Å²) in [6.45, 7) is 2.16. The molecule has 0 radical (unpaired) electrons. The molecule has 194 valence electrons. The number of nitrogens with one attached hydrogen (secondary N) is 2. The van der Waals surface area contributed by atoms with Crippen molar-refractivity contribution in [3.05, 3.63) is 108 Å². The fourth-order valence-electron chi connectivity index (χ4n) is 5.02. The van der Waals surface area contributed by atoms with Gasteiger partial charge in [-0.3, -0.25) is 9.59 Å². The number of aryl methyl sites for hydroxylation is 1. The number of nitrogens with zero attached hydrogens (tertiary/aromatic N) is 1. The Balaban J connectivity index is 1.40. The molecule has 37 heavy (non-hydrogen) atoms. The van der Waals surface area contributed by atoms with Gasteiger partial charge < -0.3 is 21.3 Å². The van der Waals surface area contributed by atoms with Crippen molar-refractivity contribution in [3.63, 3.8) is 0 Å². The summed E-state index contributed by atoms with van der Waals surface area (Å²) in [6.07, 6.45) is 2.49. The average molecular weight is 499 g/mol. The second-order valence-electron chi connectivity index (χ2n) is 9.73. The van der Waals surface area contributed by atoms with Crippen LogP contribution in [0.25, 0.3) is 0 Å². The van der Waals surface area contributed by atoms with Gasteiger partial charge in [-0.2, -0.15) is 0 Å². The molecule has 0 spiro atoms. The summed E-state index contributed by atoms with van der Waals surface area (Å²) in [6, 6.07) is 30.4. The van der Waals surface area contributed by atoms with Crippen LogP contribution in [0.3, 0.4) is 0 Å². The maximum atomic E-state index is 13.6. The molecule has 1 aliphatic rings. The van der Waals surface area contributed by atoms with Gasteiger partial charge in [0.25, 0.3) is 0 Å². The number of hydrogen-bond donors (Lipinski definition) is 3. The molecule has 2 atom stereocenters. The first-order valence-electron chi connectivity index (χ1n) is 13.3. The van der Waals surface area contributed by atoms with E-state index in [1.807, 2.05) is 71.6 Å². The van der Waals surface area contributed by atoms with E-state index in [9.17, 15) is 9.59 Å². The Kier molecular flexibility index (Phi) is 9.86. The topological polar surface area (TPSA) is 87.5 Å². The van der Waals surface area contributed by atoms with Gasteiger partial charge in [-0.15, -0.1) is 0 Å². The van der Waals surface area contributed by atoms with Gasteiger partial charge in [0.1, 0.15) is 0 Å². The van der Waals surface area contributed by atoms with Crippen LogP contribution in [0.15, 0.2) is 91.0 Å². The molecule has 4 N–H and O–H groups in total. The highest BCUT2D eigenvalue weighted by molar-refractivity contribution is 5.82. The smallest absolute Gasteiger partial charge is 0.239 e. The molecule has 0 aliphatic carbocycles. The van der Waals surface area contributed by atoms with Gasteiger partial charge in [0.05, 0.1) is 6.04 Å². The number of carbonyl (C=O) groups is 2. The second-order valence-corrected chi connectivity index (χ2v) is 9.73. The van der Waals surface area contributed by atoms with Crippen LogP contribution in [-0.4, -0.2) is 55.0 Å². The highest BCUT2D eigenvalue weighted by atomic mass is 16.2. The van der Waals surface area contributed by atoms with Crippen molar-refractivity contribution >= 4 is 11.8 Å². The molecule has 0 unspecified atom stereocenters. The molecule has 3 aromatic carbocycles. The summed E-state index contributed by atoms with van der Waals surface area (Å²) in [5.41, 5.74) is 9.42. The van der Waals surface area contributed by atoms with Gasteiger partial charge in [0.2, 0.25) is 11.8 Å². The van der Waals surface area contributed by atoms with Gasteiger partial charge in [-0.1, -0.05) is 91.0 Å². The summed E-state index contributed by atoms with van der Waals surface area (Å²) in [5.74, 6) is 0.195. The summed E-state index contributed by atoms with van der Waals surface area (Å²) in [4.78, 5) is 28.1. The normalized spacial score (nSPS) is 18.0. The van der Waals surface area contributed by atoms with Crippen molar-refractivity contribution in [3.8, 4) is 0 Å². The van der Waals surface area contributed by atoms with Gasteiger partial charge in [-0.25, -0.2) is 0 Å². The Labute approximate surface area is 220 Å². The highest BCUT2D eigenvalue weighted by Crippen LogP contribution is 2.27. The third kappa shape index (κ3) is 7.75. The van der Waals surface area contributed by atoms with Crippen molar-refractivity contribution in [2.75, 3.05) is 26.2 Å². The molecule has 1 heterocycles. The van der Waals surface area contributed by atoms with Gasteiger partial charge in [0, 0.05) is 38.0 Å². The molecule has 1 saturated heterocycles. The summed E-state index contributed by atoms with van der Waals surface area (Å²) in [5, 5.41) is 6.57. The summed E-state index contributed by atoms with van der Waals surface area (Å²) < 4.78 is 0. The van der Waals surface area contributed by atoms with Crippen LogP contribution in [0.5, 0.6) is 0 Å². The first-order valence-corrected chi connectivity index (χ1v) is 13.3. The molecule has 0 aromatic heterocycles. The Morgan fingerprint density at radius 2 is 1.54 bits per heavy atom. The number of hydrogen-bond acceptors (Lipinski definition) is 4. The molecule has 0 bridgehead atoms. The first kappa shape index (κ1) is 26.6. The fraction of sp³-hybridized carbons (Fsp3) is 0.355. The van der Waals surface area contributed by atoms with Crippen LogP contribution in [0.4, 0.5) is 0 Å². The van der Waals surface area contributed by atoms with Gasteiger partial charge in [0.15, 0.2) is 0 Å².